The van der Waals surface area contributed by atoms with Crippen molar-refractivity contribution in [2.24, 2.45) is 0 Å². The molecule has 0 saturated carbocycles. The molecule has 15 heavy (non-hydrogen) atoms. The molecule has 0 spiro atoms. The van der Waals surface area contributed by atoms with Crippen LogP contribution in [0.2, 0.25) is 0 Å². The van der Waals surface area contributed by atoms with Gasteiger partial charge >= 0.3 is 6.09 Å². The van der Waals surface area contributed by atoms with Crippen molar-refractivity contribution in [2.75, 3.05) is 0 Å². The fourth-order valence-electron chi connectivity index (χ4n) is 1.38. The van der Waals surface area contributed by atoms with Crippen LogP contribution < -0.4 is 5.32 Å². The lowest BCUT2D eigenvalue weighted by atomic mass is 9.97. The second-order valence-corrected chi connectivity index (χ2v) is 5.64. The minimum atomic E-state index is -0.455. The van der Waals surface area contributed by atoms with Crippen molar-refractivity contribution in [2.45, 2.75) is 59.1 Å². The van der Waals surface area contributed by atoms with E-state index in [1.807, 2.05) is 41.5 Å². The number of rotatable bonds is 3. The van der Waals surface area contributed by atoms with Crippen LogP contribution in [-0.2, 0) is 4.74 Å². The highest BCUT2D eigenvalue weighted by Gasteiger charge is 2.24. The number of alkyl carbamates (subject to hydrolysis) is 1. The maximum atomic E-state index is 11.5. The van der Waals surface area contributed by atoms with E-state index in [1.54, 1.807) is 0 Å². The summed E-state index contributed by atoms with van der Waals surface area (Å²) in [6, 6.07) is 0. The van der Waals surface area contributed by atoms with Gasteiger partial charge in [0.25, 0.3) is 0 Å². The minimum Gasteiger partial charge on any atom is -0.444 e. The number of hydrogen-bond acceptors (Lipinski definition) is 2. The molecule has 3 nitrogen and oxygen atoms in total. The van der Waals surface area contributed by atoms with Crippen molar-refractivity contribution >= 4 is 6.09 Å². The van der Waals surface area contributed by atoms with Crippen LogP contribution in [0.1, 0.15) is 48.0 Å². The van der Waals surface area contributed by atoms with Gasteiger partial charge in [0.05, 0.1) is 0 Å². The average molecular weight is 213 g/mol. The summed E-state index contributed by atoms with van der Waals surface area (Å²) in [6.45, 7) is 15.2. The van der Waals surface area contributed by atoms with Gasteiger partial charge in [0.2, 0.25) is 0 Å². The Morgan fingerprint density at radius 3 is 2.07 bits per heavy atom. The van der Waals surface area contributed by atoms with Crippen LogP contribution in [0.25, 0.3) is 0 Å². The molecule has 0 radical (unpaired) electrons. The van der Waals surface area contributed by atoms with Crippen molar-refractivity contribution in [3.8, 4) is 0 Å². The lowest BCUT2D eigenvalue weighted by Gasteiger charge is -2.28. The summed E-state index contributed by atoms with van der Waals surface area (Å²) in [5.74, 6) is 0. The fraction of sp³-hybridized carbons (Fsp3) is 0.750. The summed E-state index contributed by atoms with van der Waals surface area (Å²) in [4.78, 5) is 11.5. The third-order valence-corrected chi connectivity index (χ3v) is 1.58. The molecule has 0 aromatic rings. The molecular weight excluding hydrogens is 190 g/mol. The first-order valence-corrected chi connectivity index (χ1v) is 5.17. The van der Waals surface area contributed by atoms with E-state index in [4.69, 9.17) is 4.74 Å². The largest absolute Gasteiger partial charge is 0.444 e. The molecule has 0 saturated heterocycles. The highest BCUT2D eigenvalue weighted by molar-refractivity contribution is 5.68. The number of nitrogens with one attached hydrogen (secondary N) is 1. The summed E-state index contributed by atoms with van der Waals surface area (Å²) < 4.78 is 5.18. The number of ether oxygens (including phenoxy) is 1. The Morgan fingerprint density at radius 1 is 1.27 bits per heavy atom. The summed E-state index contributed by atoms with van der Waals surface area (Å²) in [6.07, 6.45) is 0.362. The van der Waals surface area contributed by atoms with Crippen LogP contribution in [0, 0.1) is 0 Å². The van der Waals surface area contributed by atoms with Gasteiger partial charge in [-0.05, 0) is 48.0 Å². The Kier molecular flexibility index (Phi) is 4.38. The normalized spacial score (nSPS) is 12.1. The molecule has 0 aromatic heterocycles. The van der Waals surface area contributed by atoms with E-state index in [-0.39, 0.29) is 11.6 Å². The van der Waals surface area contributed by atoms with E-state index in [2.05, 4.69) is 11.9 Å². The molecule has 88 valence electrons. The van der Waals surface area contributed by atoms with Crippen molar-refractivity contribution in [3.05, 3.63) is 12.2 Å². The van der Waals surface area contributed by atoms with Crippen molar-refractivity contribution in [1.29, 1.82) is 0 Å². The standard InChI is InChI=1S/C12H23NO2/c1-9(2)8-12(6,7)13-10(14)15-11(3,4)5/h1,8H2,2-7H3,(H,13,14). The summed E-state index contributed by atoms with van der Waals surface area (Å²) in [7, 11) is 0. The zero-order valence-electron chi connectivity index (χ0n) is 10.7. The molecule has 0 unspecified atom stereocenters. The summed E-state index contributed by atoms with van der Waals surface area (Å²) >= 11 is 0. The van der Waals surface area contributed by atoms with Gasteiger partial charge in [0.15, 0.2) is 0 Å². The molecule has 0 aliphatic carbocycles. The molecule has 3 heteroatoms. The zero-order valence-corrected chi connectivity index (χ0v) is 10.7. The van der Waals surface area contributed by atoms with Crippen LogP contribution in [-0.4, -0.2) is 17.2 Å². The Morgan fingerprint density at radius 2 is 1.73 bits per heavy atom. The summed E-state index contributed by atoms with van der Waals surface area (Å²) in [5.41, 5.74) is 0.272. The quantitative estimate of drug-likeness (QED) is 0.731. The lowest BCUT2D eigenvalue weighted by molar-refractivity contribution is 0.0472. The van der Waals surface area contributed by atoms with Gasteiger partial charge in [-0.25, -0.2) is 4.79 Å². The molecule has 1 N–H and O–H groups in total. The van der Waals surface area contributed by atoms with Crippen LogP contribution in [0.15, 0.2) is 12.2 Å². The van der Waals surface area contributed by atoms with Gasteiger partial charge in [0.1, 0.15) is 5.60 Å². The van der Waals surface area contributed by atoms with Crippen molar-refractivity contribution in [1.82, 2.24) is 5.32 Å². The molecule has 0 aliphatic rings. The number of hydrogen-bond donors (Lipinski definition) is 1. The summed E-state index contributed by atoms with van der Waals surface area (Å²) in [5, 5.41) is 2.82. The number of carbonyl (C=O) groups is 1. The van der Waals surface area contributed by atoms with E-state index in [9.17, 15) is 4.79 Å². The molecule has 0 atom stereocenters. The van der Waals surface area contributed by atoms with Gasteiger partial charge < -0.3 is 10.1 Å². The van der Waals surface area contributed by atoms with E-state index in [0.717, 1.165) is 12.0 Å². The van der Waals surface area contributed by atoms with Gasteiger partial charge in [-0.3, -0.25) is 0 Å². The zero-order chi connectivity index (χ0) is 12.3. The number of carbonyl (C=O) groups excluding carboxylic acids is 1. The first kappa shape index (κ1) is 14.0. The highest BCUT2D eigenvalue weighted by Crippen LogP contribution is 2.15. The van der Waals surface area contributed by atoms with Crippen molar-refractivity contribution in [3.63, 3.8) is 0 Å². The molecule has 0 rings (SSSR count). The molecule has 0 aliphatic heterocycles. The minimum absolute atomic E-state index is 0.311. The molecule has 0 fully saturated rings. The Bertz CT molecular complexity index is 249. The predicted octanol–water partition coefficient (Wildman–Crippen LogP) is 3.26. The van der Waals surface area contributed by atoms with Gasteiger partial charge in [0, 0.05) is 5.54 Å². The van der Waals surface area contributed by atoms with Gasteiger partial charge in [-0.15, -0.1) is 6.58 Å². The third-order valence-electron chi connectivity index (χ3n) is 1.58. The van der Waals surface area contributed by atoms with Crippen LogP contribution in [0.5, 0.6) is 0 Å². The van der Waals surface area contributed by atoms with Gasteiger partial charge in [-0.2, -0.15) is 0 Å². The van der Waals surface area contributed by atoms with E-state index >= 15 is 0 Å². The third kappa shape index (κ3) is 8.03. The molecule has 0 heterocycles. The lowest BCUT2D eigenvalue weighted by Crippen LogP contribution is -2.45. The second-order valence-electron chi connectivity index (χ2n) is 5.64. The monoisotopic (exact) mass is 213 g/mol. The Balaban J connectivity index is 4.22. The number of amides is 1. The average Bonchev–Trinajstić information content (AvgIpc) is 1.73. The molecular formula is C12H23NO2. The second kappa shape index (κ2) is 4.69. The Labute approximate surface area is 92.9 Å². The maximum Gasteiger partial charge on any atom is 0.408 e. The topological polar surface area (TPSA) is 38.3 Å². The highest BCUT2D eigenvalue weighted by atomic mass is 16.6. The maximum absolute atomic E-state index is 11.5. The van der Waals surface area contributed by atoms with Crippen molar-refractivity contribution < 1.29 is 9.53 Å². The Hall–Kier alpha value is -0.990. The predicted molar refractivity (Wildman–Crippen MR) is 62.9 cm³/mol. The molecule has 0 aromatic carbocycles. The first-order valence-electron chi connectivity index (χ1n) is 5.17. The van der Waals surface area contributed by atoms with Gasteiger partial charge in [-0.1, -0.05) is 5.57 Å². The van der Waals surface area contributed by atoms with E-state index < -0.39 is 5.60 Å². The first-order chi connectivity index (χ1) is 6.52. The SMILES string of the molecule is C=C(C)CC(C)(C)NC(=O)OC(C)(C)C. The molecule has 1 amide bonds. The fourth-order valence-corrected chi connectivity index (χ4v) is 1.38. The van der Waals surface area contributed by atoms with Crippen LogP contribution in [0.3, 0.4) is 0 Å². The van der Waals surface area contributed by atoms with Crippen LogP contribution >= 0.6 is 0 Å². The molecule has 0 bridgehead atoms. The van der Waals surface area contributed by atoms with E-state index in [0.29, 0.717) is 0 Å². The smallest absolute Gasteiger partial charge is 0.408 e. The van der Waals surface area contributed by atoms with Crippen LogP contribution in [0.4, 0.5) is 4.79 Å². The van der Waals surface area contributed by atoms with E-state index in [1.165, 1.54) is 0 Å².